The summed E-state index contributed by atoms with van der Waals surface area (Å²) < 4.78 is 8.73. The number of nitrogens with two attached hydrogens (primary N) is 1. The molecule has 0 aromatic rings. The Morgan fingerprint density at radius 1 is 1.50 bits per heavy atom. The van der Waals surface area contributed by atoms with Crippen molar-refractivity contribution in [2.45, 2.75) is 0 Å². The van der Waals surface area contributed by atoms with Crippen molar-refractivity contribution >= 4 is 12.1 Å². The highest BCUT2D eigenvalue weighted by atomic mass is 16.5. The van der Waals surface area contributed by atoms with Crippen LogP contribution in [0.4, 0.5) is 4.79 Å². The summed E-state index contributed by atoms with van der Waals surface area (Å²) in [7, 11) is 1.30. The normalized spacial score (nSPS) is 9.08. The van der Waals surface area contributed by atoms with Gasteiger partial charge in [0.15, 0.2) is 0 Å². The number of hydrogen-bond donors (Lipinski definition) is 2. The van der Waals surface area contributed by atoms with Gasteiger partial charge in [-0.05, 0) is 0 Å². The van der Waals surface area contributed by atoms with E-state index in [4.69, 9.17) is 0 Å². The highest BCUT2D eigenvalue weighted by molar-refractivity contribution is 5.71. The minimum absolute atomic E-state index is 0.0959. The fourth-order valence-corrected chi connectivity index (χ4v) is 0.486. The maximum atomic E-state index is 10.5. The molecule has 0 saturated heterocycles. The molecule has 0 aromatic heterocycles. The molecule has 0 aromatic carbocycles. The van der Waals surface area contributed by atoms with Gasteiger partial charge in [-0.15, -0.1) is 0 Å². The molecule has 12 heavy (non-hydrogen) atoms. The highest BCUT2D eigenvalue weighted by Crippen LogP contribution is 1.72. The average Bonchev–Trinajstić information content (AvgIpc) is 2.03. The minimum atomic E-state index is -0.824. The summed E-state index contributed by atoms with van der Waals surface area (Å²) in [5.74, 6) is -0.367. The second-order valence-corrected chi connectivity index (χ2v) is 1.92. The molecule has 0 aliphatic carbocycles. The van der Waals surface area contributed by atoms with Gasteiger partial charge >= 0.3 is 12.1 Å². The van der Waals surface area contributed by atoms with Crippen LogP contribution in [0.25, 0.3) is 0 Å². The lowest BCUT2D eigenvalue weighted by Gasteiger charge is -2.02. The minimum Gasteiger partial charge on any atom is -0.468 e. The zero-order chi connectivity index (χ0) is 9.40. The zero-order valence-corrected chi connectivity index (χ0v) is 6.83. The average molecular weight is 176 g/mol. The van der Waals surface area contributed by atoms with E-state index in [1.165, 1.54) is 7.11 Å². The Morgan fingerprint density at radius 2 is 2.17 bits per heavy atom. The SMILES string of the molecule is COC(=O)CNCCOC(N)=O. The van der Waals surface area contributed by atoms with Crippen LogP contribution in [0.1, 0.15) is 0 Å². The van der Waals surface area contributed by atoms with Gasteiger partial charge in [0.2, 0.25) is 0 Å². The molecule has 0 radical (unpaired) electrons. The quantitative estimate of drug-likeness (QED) is 0.407. The molecule has 6 nitrogen and oxygen atoms in total. The predicted molar refractivity (Wildman–Crippen MR) is 40.4 cm³/mol. The van der Waals surface area contributed by atoms with E-state index in [0.717, 1.165) is 0 Å². The van der Waals surface area contributed by atoms with E-state index >= 15 is 0 Å². The maximum Gasteiger partial charge on any atom is 0.404 e. The number of carbonyl (C=O) groups is 2. The van der Waals surface area contributed by atoms with Gasteiger partial charge in [0.05, 0.1) is 13.7 Å². The summed E-state index contributed by atoms with van der Waals surface area (Å²) in [5.41, 5.74) is 4.68. The molecular formula is C6H12N2O4. The summed E-state index contributed by atoms with van der Waals surface area (Å²) in [5, 5.41) is 2.68. The number of primary amides is 1. The van der Waals surface area contributed by atoms with Crippen LogP contribution in [-0.4, -0.2) is 38.9 Å². The Labute approximate surface area is 70.0 Å². The fraction of sp³-hybridized carbons (Fsp3) is 0.667. The standard InChI is InChI=1S/C6H12N2O4/c1-11-5(9)4-8-2-3-12-6(7)10/h8H,2-4H2,1H3,(H2,7,10). The number of esters is 1. The molecule has 1 amide bonds. The first kappa shape index (κ1) is 10.7. The molecule has 0 bridgehead atoms. The molecule has 0 atom stereocenters. The summed E-state index contributed by atoms with van der Waals surface area (Å²) in [6.07, 6.45) is -0.824. The maximum absolute atomic E-state index is 10.5. The lowest BCUT2D eigenvalue weighted by Crippen LogP contribution is -2.28. The molecule has 0 unspecified atom stereocenters. The third kappa shape index (κ3) is 6.81. The molecule has 0 saturated carbocycles. The van der Waals surface area contributed by atoms with E-state index in [2.05, 4.69) is 20.5 Å². The molecule has 0 rings (SSSR count). The van der Waals surface area contributed by atoms with Crippen molar-refractivity contribution in [1.29, 1.82) is 0 Å². The summed E-state index contributed by atoms with van der Waals surface area (Å²) in [4.78, 5) is 20.5. The summed E-state index contributed by atoms with van der Waals surface area (Å²) >= 11 is 0. The van der Waals surface area contributed by atoms with Gasteiger partial charge in [0.1, 0.15) is 6.61 Å². The topological polar surface area (TPSA) is 90.7 Å². The smallest absolute Gasteiger partial charge is 0.404 e. The lowest BCUT2D eigenvalue weighted by atomic mass is 10.6. The number of rotatable bonds is 5. The van der Waals surface area contributed by atoms with Gasteiger partial charge < -0.3 is 20.5 Å². The Morgan fingerprint density at radius 3 is 2.67 bits per heavy atom. The van der Waals surface area contributed by atoms with Crippen LogP contribution in [0, 0.1) is 0 Å². The van der Waals surface area contributed by atoms with E-state index < -0.39 is 6.09 Å². The van der Waals surface area contributed by atoms with Gasteiger partial charge in [-0.2, -0.15) is 0 Å². The predicted octanol–water partition coefficient (Wildman–Crippen LogP) is -1.16. The Bertz CT molecular complexity index is 160. The number of nitrogens with one attached hydrogen (secondary N) is 1. The van der Waals surface area contributed by atoms with E-state index in [0.29, 0.717) is 6.54 Å². The molecule has 0 heterocycles. The number of methoxy groups -OCH3 is 1. The van der Waals surface area contributed by atoms with E-state index in [1.54, 1.807) is 0 Å². The second kappa shape index (κ2) is 6.41. The largest absolute Gasteiger partial charge is 0.468 e. The van der Waals surface area contributed by atoms with Gasteiger partial charge in [-0.3, -0.25) is 4.79 Å². The first-order valence-corrected chi connectivity index (χ1v) is 3.36. The second-order valence-electron chi connectivity index (χ2n) is 1.92. The van der Waals surface area contributed by atoms with Crippen LogP contribution in [0.2, 0.25) is 0 Å². The van der Waals surface area contributed by atoms with Crippen molar-refractivity contribution < 1.29 is 19.1 Å². The van der Waals surface area contributed by atoms with E-state index in [9.17, 15) is 9.59 Å². The Balaban J connectivity index is 3.11. The van der Waals surface area contributed by atoms with E-state index in [-0.39, 0.29) is 19.1 Å². The van der Waals surface area contributed by atoms with Crippen LogP contribution in [-0.2, 0) is 14.3 Å². The number of hydrogen-bond acceptors (Lipinski definition) is 5. The zero-order valence-electron chi connectivity index (χ0n) is 6.83. The van der Waals surface area contributed by atoms with E-state index in [1.807, 2.05) is 0 Å². The molecule has 6 heteroatoms. The van der Waals surface area contributed by atoms with Crippen LogP contribution < -0.4 is 11.1 Å². The first-order valence-electron chi connectivity index (χ1n) is 3.36. The molecule has 0 aliphatic heterocycles. The molecule has 0 aliphatic rings. The third-order valence-corrected chi connectivity index (χ3v) is 1.02. The van der Waals surface area contributed by atoms with Gasteiger partial charge in [-0.25, -0.2) is 4.79 Å². The Hall–Kier alpha value is -1.30. The van der Waals surface area contributed by atoms with Crippen molar-refractivity contribution in [3.8, 4) is 0 Å². The molecule has 3 N–H and O–H groups in total. The van der Waals surface area contributed by atoms with Gasteiger partial charge in [-0.1, -0.05) is 0 Å². The number of carbonyl (C=O) groups excluding carboxylic acids is 2. The van der Waals surface area contributed by atoms with Crippen LogP contribution >= 0.6 is 0 Å². The molecular weight excluding hydrogens is 164 g/mol. The van der Waals surface area contributed by atoms with Crippen LogP contribution in [0.3, 0.4) is 0 Å². The van der Waals surface area contributed by atoms with Crippen molar-refractivity contribution in [2.75, 3.05) is 26.8 Å². The van der Waals surface area contributed by atoms with Crippen molar-refractivity contribution in [2.24, 2.45) is 5.73 Å². The number of amides is 1. The molecule has 0 spiro atoms. The summed E-state index contributed by atoms with van der Waals surface area (Å²) in [6, 6.07) is 0. The monoisotopic (exact) mass is 176 g/mol. The lowest BCUT2D eigenvalue weighted by molar-refractivity contribution is -0.139. The van der Waals surface area contributed by atoms with Crippen LogP contribution in [0.5, 0.6) is 0 Å². The summed E-state index contributed by atoms with van der Waals surface area (Å²) in [6.45, 7) is 0.614. The van der Waals surface area contributed by atoms with Crippen LogP contribution in [0.15, 0.2) is 0 Å². The molecule has 0 fully saturated rings. The van der Waals surface area contributed by atoms with Crippen molar-refractivity contribution in [3.63, 3.8) is 0 Å². The van der Waals surface area contributed by atoms with Gasteiger partial charge in [0, 0.05) is 6.54 Å². The highest BCUT2D eigenvalue weighted by Gasteiger charge is 1.98. The first-order chi connectivity index (χ1) is 5.66. The van der Waals surface area contributed by atoms with Gasteiger partial charge in [0.25, 0.3) is 0 Å². The van der Waals surface area contributed by atoms with Crippen molar-refractivity contribution in [3.05, 3.63) is 0 Å². The Kier molecular flexibility index (Phi) is 5.72. The third-order valence-electron chi connectivity index (χ3n) is 1.02. The van der Waals surface area contributed by atoms with Crippen molar-refractivity contribution in [1.82, 2.24) is 5.32 Å². The number of ether oxygens (including phenoxy) is 2. The molecule has 70 valence electrons. The fourth-order valence-electron chi connectivity index (χ4n) is 0.486.